The molecular formula is C24H23N3O3S. The largest absolute Gasteiger partial charge is 0.494 e. The molecule has 0 aliphatic rings. The van der Waals surface area contributed by atoms with E-state index in [4.69, 9.17) is 9.47 Å². The number of benzene rings is 2. The molecule has 0 bridgehead atoms. The lowest BCUT2D eigenvalue weighted by atomic mass is 10.2. The number of unbranched alkanes of at least 4 members (excludes halogenated alkanes) is 1. The average molecular weight is 434 g/mol. The first-order chi connectivity index (χ1) is 15.2. The van der Waals surface area contributed by atoms with Gasteiger partial charge in [0.2, 0.25) is 4.96 Å². The van der Waals surface area contributed by atoms with E-state index in [0.29, 0.717) is 28.5 Å². The molecule has 4 rings (SSSR count). The van der Waals surface area contributed by atoms with Gasteiger partial charge >= 0.3 is 0 Å². The molecule has 0 aliphatic carbocycles. The Morgan fingerprint density at radius 2 is 1.97 bits per heavy atom. The Labute approximate surface area is 184 Å². The SMILES string of the molecule is C=CCOc1cccc(/C=c2\sc3nc(-c4ccc(OCCCC)cc4)nn3c2=O)c1. The van der Waals surface area contributed by atoms with Crippen LogP contribution in [0.25, 0.3) is 22.4 Å². The standard InChI is InChI=1S/C24H23N3O3S/c1-3-5-14-30-19-11-9-18(10-12-19)22-25-24-27(26-22)23(28)21(31-24)16-17-7-6-8-20(15-17)29-13-4-2/h4,6-12,15-16H,2-3,5,13-14H2,1H3/b21-16-. The molecular weight excluding hydrogens is 410 g/mol. The van der Waals surface area contributed by atoms with Crippen LogP contribution in [-0.2, 0) is 0 Å². The molecule has 2 aromatic carbocycles. The highest BCUT2D eigenvalue weighted by Gasteiger charge is 2.12. The fourth-order valence-electron chi connectivity index (χ4n) is 2.99. The summed E-state index contributed by atoms with van der Waals surface area (Å²) in [6.45, 7) is 6.92. The molecule has 0 aliphatic heterocycles. The van der Waals surface area contributed by atoms with Gasteiger partial charge in [0.25, 0.3) is 5.56 Å². The second-order valence-corrected chi connectivity index (χ2v) is 7.95. The highest BCUT2D eigenvalue weighted by molar-refractivity contribution is 7.15. The number of fused-ring (bicyclic) bond motifs is 1. The summed E-state index contributed by atoms with van der Waals surface area (Å²) in [5, 5.41) is 4.41. The van der Waals surface area contributed by atoms with Gasteiger partial charge in [-0.3, -0.25) is 4.79 Å². The van der Waals surface area contributed by atoms with Crippen molar-refractivity contribution in [2.24, 2.45) is 0 Å². The van der Waals surface area contributed by atoms with Crippen LogP contribution in [-0.4, -0.2) is 27.8 Å². The molecule has 7 heteroatoms. The van der Waals surface area contributed by atoms with Crippen LogP contribution in [0.1, 0.15) is 25.3 Å². The summed E-state index contributed by atoms with van der Waals surface area (Å²) in [5.74, 6) is 2.07. The van der Waals surface area contributed by atoms with Crippen molar-refractivity contribution < 1.29 is 9.47 Å². The summed E-state index contributed by atoms with van der Waals surface area (Å²) < 4.78 is 13.2. The number of nitrogens with zero attached hydrogens (tertiary/aromatic N) is 3. The van der Waals surface area contributed by atoms with E-state index >= 15 is 0 Å². The number of aromatic nitrogens is 3. The van der Waals surface area contributed by atoms with E-state index in [1.807, 2.05) is 54.6 Å². The third-order valence-corrected chi connectivity index (χ3v) is 5.54. The molecule has 158 valence electrons. The Morgan fingerprint density at radius 3 is 2.71 bits per heavy atom. The molecule has 2 aromatic heterocycles. The van der Waals surface area contributed by atoms with Crippen molar-refractivity contribution in [3.63, 3.8) is 0 Å². The first-order valence-corrected chi connectivity index (χ1v) is 11.0. The van der Waals surface area contributed by atoms with Crippen LogP contribution in [0.2, 0.25) is 0 Å². The lowest BCUT2D eigenvalue weighted by molar-refractivity contribution is 0.309. The molecule has 2 heterocycles. The Kier molecular flexibility index (Phi) is 6.43. The van der Waals surface area contributed by atoms with Crippen LogP contribution in [0.3, 0.4) is 0 Å². The highest BCUT2D eigenvalue weighted by atomic mass is 32.1. The van der Waals surface area contributed by atoms with Gasteiger partial charge < -0.3 is 9.47 Å². The van der Waals surface area contributed by atoms with Crippen molar-refractivity contribution in [1.82, 2.24) is 14.6 Å². The van der Waals surface area contributed by atoms with Gasteiger partial charge in [0, 0.05) is 5.56 Å². The Hall–Kier alpha value is -3.45. The zero-order valence-corrected chi connectivity index (χ0v) is 18.1. The fourth-order valence-corrected chi connectivity index (χ4v) is 3.90. The van der Waals surface area contributed by atoms with Crippen LogP contribution >= 0.6 is 11.3 Å². The third-order valence-electron chi connectivity index (χ3n) is 4.58. The van der Waals surface area contributed by atoms with Gasteiger partial charge in [0.15, 0.2) is 5.82 Å². The topological polar surface area (TPSA) is 65.7 Å². The number of hydrogen-bond acceptors (Lipinski definition) is 6. The molecule has 0 amide bonds. The van der Waals surface area contributed by atoms with Crippen LogP contribution in [0.15, 0.2) is 66.0 Å². The summed E-state index contributed by atoms with van der Waals surface area (Å²) in [6, 6.07) is 15.2. The predicted molar refractivity (Wildman–Crippen MR) is 124 cm³/mol. The number of hydrogen-bond donors (Lipinski definition) is 0. The molecule has 0 saturated carbocycles. The maximum Gasteiger partial charge on any atom is 0.291 e. The molecule has 0 saturated heterocycles. The summed E-state index contributed by atoms with van der Waals surface area (Å²) in [7, 11) is 0. The van der Waals surface area contributed by atoms with Crippen LogP contribution < -0.4 is 19.6 Å². The van der Waals surface area contributed by atoms with Gasteiger partial charge in [0.05, 0.1) is 11.1 Å². The first kappa shape index (κ1) is 20.8. The van der Waals surface area contributed by atoms with Gasteiger partial charge in [-0.25, -0.2) is 0 Å². The Balaban J connectivity index is 1.58. The van der Waals surface area contributed by atoms with Crippen molar-refractivity contribution in [1.29, 1.82) is 0 Å². The monoisotopic (exact) mass is 433 g/mol. The zero-order valence-electron chi connectivity index (χ0n) is 17.3. The summed E-state index contributed by atoms with van der Waals surface area (Å²) in [5.41, 5.74) is 1.54. The molecule has 0 atom stereocenters. The maximum absolute atomic E-state index is 12.8. The van der Waals surface area contributed by atoms with Crippen molar-refractivity contribution in [2.45, 2.75) is 19.8 Å². The molecule has 0 spiro atoms. The van der Waals surface area contributed by atoms with E-state index in [1.165, 1.54) is 15.9 Å². The van der Waals surface area contributed by atoms with Gasteiger partial charge in [-0.15, -0.1) is 5.10 Å². The van der Waals surface area contributed by atoms with Crippen molar-refractivity contribution in [3.05, 3.63) is 81.6 Å². The third kappa shape index (κ3) is 4.83. The van der Waals surface area contributed by atoms with E-state index in [9.17, 15) is 4.79 Å². The number of thiazole rings is 1. The van der Waals surface area contributed by atoms with E-state index in [1.54, 1.807) is 6.08 Å². The number of rotatable bonds is 9. The maximum atomic E-state index is 12.8. The minimum absolute atomic E-state index is 0.185. The highest BCUT2D eigenvalue weighted by Crippen LogP contribution is 2.21. The summed E-state index contributed by atoms with van der Waals surface area (Å²) in [6.07, 6.45) is 5.64. The Morgan fingerprint density at radius 1 is 1.13 bits per heavy atom. The van der Waals surface area contributed by atoms with Crippen molar-refractivity contribution in [2.75, 3.05) is 13.2 Å². The molecule has 31 heavy (non-hydrogen) atoms. The van der Waals surface area contributed by atoms with Gasteiger partial charge in [0.1, 0.15) is 18.1 Å². The molecule has 0 radical (unpaired) electrons. The minimum Gasteiger partial charge on any atom is -0.494 e. The zero-order chi connectivity index (χ0) is 21.6. The lowest BCUT2D eigenvalue weighted by Crippen LogP contribution is -2.23. The van der Waals surface area contributed by atoms with E-state index in [2.05, 4.69) is 23.6 Å². The first-order valence-electron chi connectivity index (χ1n) is 10.2. The lowest BCUT2D eigenvalue weighted by Gasteiger charge is -2.05. The van der Waals surface area contributed by atoms with Crippen LogP contribution in [0.5, 0.6) is 11.5 Å². The number of ether oxygens (including phenoxy) is 2. The molecule has 0 unspecified atom stereocenters. The van der Waals surface area contributed by atoms with E-state index in [0.717, 1.165) is 35.5 Å². The second kappa shape index (κ2) is 9.57. The smallest absolute Gasteiger partial charge is 0.291 e. The summed E-state index contributed by atoms with van der Waals surface area (Å²) in [4.78, 5) is 17.9. The van der Waals surface area contributed by atoms with Crippen molar-refractivity contribution in [3.8, 4) is 22.9 Å². The molecule has 0 N–H and O–H groups in total. The molecule has 6 nitrogen and oxygen atoms in total. The molecule has 0 fully saturated rings. The second-order valence-electron chi connectivity index (χ2n) is 6.94. The Bertz CT molecular complexity index is 1290. The normalized spacial score (nSPS) is 11.7. The van der Waals surface area contributed by atoms with Crippen molar-refractivity contribution >= 4 is 22.4 Å². The quantitative estimate of drug-likeness (QED) is 0.294. The average Bonchev–Trinajstić information content (AvgIpc) is 3.33. The van der Waals surface area contributed by atoms with Crippen LogP contribution in [0, 0.1) is 0 Å². The minimum atomic E-state index is -0.185. The van der Waals surface area contributed by atoms with Gasteiger partial charge in [-0.1, -0.05) is 49.5 Å². The summed E-state index contributed by atoms with van der Waals surface area (Å²) >= 11 is 1.31. The van der Waals surface area contributed by atoms with Gasteiger partial charge in [-0.2, -0.15) is 9.50 Å². The fraction of sp³-hybridized carbons (Fsp3) is 0.208. The van der Waals surface area contributed by atoms with E-state index in [-0.39, 0.29) is 5.56 Å². The predicted octanol–water partition coefficient (Wildman–Crippen LogP) is 4.11. The van der Waals surface area contributed by atoms with E-state index < -0.39 is 0 Å². The van der Waals surface area contributed by atoms with Gasteiger partial charge in [-0.05, 0) is 54.5 Å². The molecule has 4 aromatic rings. The van der Waals surface area contributed by atoms with Crippen LogP contribution in [0.4, 0.5) is 0 Å².